The fourth-order valence-corrected chi connectivity index (χ4v) is 3.61. The summed E-state index contributed by atoms with van der Waals surface area (Å²) in [6.07, 6.45) is 1.74. The Hall–Kier alpha value is -1.73. The number of halogens is 1. The van der Waals surface area contributed by atoms with Crippen LogP contribution in [0.4, 0.5) is 0 Å². The van der Waals surface area contributed by atoms with E-state index in [1.807, 2.05) is 30.3 Å². The van der Waals surface area contributed by atoms with Crippen molar-refractivity contribution in [2.45, 2.75) is 12.3 Å². The summed E-state index contributed by atoms with van der Waals surface area (Å²) in [7, 11) is 1.67. The minimum absolute atomic E-state index is 0.0961. The summed E-state index contributed by atoms with van der Waals surface area (Å²) in [5.41, 5.74) is 1.71. The number of ether oxygens (including phenoxy) is 1. The fourth-order valence-electron chi connectivity index (χ4n) is 2.31. The first kappa shape index (κ1) is 16.1. The predicted molar refractivity (Wildman–Crippen MR) is 96.3 cm³/mol. The molecule has 3 aromatic rings. The topological polar surface area (TPSA) is 48.5 Å². The molecule has 0 aliphatic heterocycles. The van der Waals surface area contributed by atoms with Crippen molar-refractivity contribution < 1.29 is 4.74 Å². The molecular formula is C16H16BrN3O2S. The molecule has 120 valence electrons. The second-order valence-corrected chi connectivity index (χ2v) is 6.96. The third-order valence-corrected chi connectivity index (χ3v) is 4.92. The van der Waals surface area contributed by atoms with E-state index in [4.69, 9.17) is 4.74 Å². The van der Waals surface area contributed by atoms with Gasteiger partial charge in [-0.3, -0.25) is 4.40 Å². The number of benzene rings is 1. The number of aromatic nitrogens is 3. The third-order valence-electron chi connectivity index (χ3n) is 3.44. The SMILES string of the molecule is COc1ccc(Br)cc1CSCCn1nc2ccccn2c1=O. The van der Waals surface area contributed by atoms with Gasteiger partial charge in [-0.15, -0.1) is 5.10 Å². The van der Waals surface area contributed by atoms with Crippen LogP contribution in [-0.2, 0) is 12.3 Å². The van der Waals surface area contributed by atoms with Gasteiger partial charge in [0.15, 0.2) is 5.65 Å². The maximum absolute atomic E-state index is 12.2. The van der Waals surface area contributed by atoms with Gasteiger partial charge in [0.2, 0.25) is 0 Å². The lowest BCUT2D eigenvalue weighted by atomic mass is 10.2. The van der Waals surface area contributed by atoms with Gasteiger partial charge in [0.1, 0.15) is 5.75 Å². The average Bonchev–Trinajstić information content (AvgIpc) is 2.88. The van der Waals surface area contributed by atoms with Crippen LogP contribution < -0.4 is 10.4 Å². The quantitative estimate of drug-likeness (QED) is 0.603. The molecular weight excluding hydrogens is 378 g/mol. The molecule has 7 heteroatoms. The number of thioether (sulfide) groups is 1. The zero-order valence-electron chi connectivity index (χ0n) is 12.6. The van der Waals surface area contributed by atoms with Crippen LogP contribution in [0.15, 0.2) is 51.9 Å². The average molecular weight is 394 g/mol. The summed E-state index contributed by atoms with van der Waals surface area (Å²) in [5, 5.41) is 4.33. The van der Waals surface area contributed by atoms with Crippen LogP contribution in [0.3, 0.4) is 0 Å². The summed E-state index contributed by atoms with van der Waals surface area (Å²) in [5.74, 6) is 2.51. The first-order chi connectivity index (χ1) is 11.2. The molecule has 0 aliphatic carbocycles. The van der Waals surface area contributed by atoms with E-state index in [0.29, 0.717) is 12.2 Å². The van der Waals surface area contributed by atoms with Gasteiger partial charge in [0.25, 0.3) is 0 Å². The monoisotopic (exact) mass is 393 g/mol. The van der Waals surface area contributed by atoms with Crippen molar-refractivity contribution in [2.75, 3.05) is 12.9 Å². The highest BCUT2D eigenvalue weighted by atomic mass is 79.9. The van der Waals surface area contributed by atoms with E-state index in [0.717, 1.165) is 27.3 Å². The Kier molecular flexibility index (Phi) is 5.07. The van der Waals surface area contributed by atoms with Gasteiger partial charge in [0, 0.05) is 27.7 Å². The van der Waals surface area contributed by atoms with Gasteiger partial charge >= 0.3 is 5.69 Å². The third kappa shape index (κ3) is 3.61. The van der Waals surface area contributed by atoms with E-state index in [1.165, 1.54) is 4.68 Å². The minimum atomic E-state index is -0.0961. The van der Waals surface area contributed by atoms with Crippen molar-refractivity contribution in [1.82, 2.24) is 14.2 Å². The Balaban J connectivity index is 1.62. The summed E-state index contributed by atoms with van der Waals surface area (Å²) in [6, 6.07) is 11.5. The molecule has 0 radical (unpaired) electrons. The number of hydrogen-bond donors (Lipinski definition) is 0. The van der Waals surface area contributed by atoms with E-state index in [2.05, 4.69) is 27.1 Å². The molecule has 0 N–H and O–H groups in total. The summed E-state index contributed by atoms with van der Waals surface area (Å²) < 4.78 is 9.47. The Morgan fingerprint density at radius 1 is 1.30 bits per heavy atom. The molecule has 0 atom stereocenters. The van der Waals surface area contributed by atoms with Gasteiger partial charge in [-0.2, -0.15) is 11.8 Å². The first-order valence-electron chi connectivity index (χ1n) is 7.13. The van der Waals surface area contributed by atoms with E-state index in [1.54, 1.807) is 29.5 Å². The van der Waals surface area contributed by atoms with Crippen LogP contribution in [0, 0.1) is 0 Å². The molecule has 23 heavy (non-hydrogen) atoms. The van der Waals surface area contributed by atoms with Gasteiger partial charge < -0.3 is 4.74 Å². The van der Waals surface area contributed by atoms with Gasteiger partial charge in [-0.1, -0.05) is 22.0 Å². The van der Waals surface area contributed by atoms with Crippen molar-refractivity contribution in [1.29, 1.82) is 0 Å². The molecule has 0 aliphatic rings. The van der Waals surface area contributed by atoms with Crippen LogP contribution in [0.1, 0.15) is 5.56 Å². The number of nitrogens with zero attached hydrogens (tertiary/aromatic N) is 3. The Morgan fingerprint density at radius 3 is 2.96 bits per heavy atom. The van der Waals surface area contributed by atoms with Crippen LogP contribution in [0.5, 0.6) is 5.75 Å². The first-order valence-corrected chi connectivity index (χ1v) is 9.08. The predicted octanol–water partition coefficient (Wildman–Crippen LogP) is 3.20. The van der Waals surface area contributed by atoms with E-state index in [9.17, 15) is 4.79 Å². The molecule has 3 rings (SSSR count). The molecule has 0 saturated carbocycles. The lowest BCUT2D eigenvalue weighted by molar-refractivity contribution is 0.411. The Bertz CT molecular complexity index is 875. The van der Waals surface area contributed by atoms with E-state index >= 15 is 0 Å². The molecule has 1 aromatic carbocycles. The molecule has 0 fully saturated rings. The van der Waals surface area contributed by atoms with Gasteiger partial charge in [0.05, 0.1) is 13.7 Å². The standard InChI is InChI=1S/C16H16BrN3O2S/c1-22-14-6-5-13(17)10-12(14)11-23-9-8-20-16(21)19-7-3-2-4-15(19)18-20/h2-7,10H,8-9,11H2,1H3. The fraction of sp³-hybridized carbons (Fsp3) is 0.250. The number of methoxy groups -OCH3 is 1. The number of fused-ring (bicyclic) bond motifs is 1. The number of aryl methyl sites for hydroxylation is 1. The molecule has 2 heterocycles. The summed E-state index contributed by atoms with van der Waals surface area (Å²) >= 11 is 5.23. The van der Waals surface area contributed by atoms with Crippen molar-refractivity contribution in [3.05, 3.63) is 63.1 Å². The molecule has 0 bridgehead atoms. The Labute approximate surface area is 146 Å². The number of pyridine rings is 1. The zero-order valence-corrected chi connectivity index (χ0v) is 15.0. The van der Waals surface area contributed by atoms with Crippen LogP contribution >= 0.6 is 27.7 Å². The van der Waals surface area contributed by atoms with E-state index < -0.39 is 0 Å². The second kappa shape index (κ2) is 7.23. The molecule has 0 amide bonds. The lowest BCUT2D eigenvalue weighted by Crippen LogP contribution is -2.22. The second-order valence-electron chi connectivity index (χ2n) is 4.94. The molecule has 0 spiro atoms. The Morgan fingerprint density at radius 2 is 2.17 bits per heavy atom. The molecule has 0 unspecified atom stereocenters. The maximum Gasteiger partial charge on any atom is 0.350 e. The van der Waals surface area contributed by atoms with Crippen LogP contribution in [0.25, 0.3) is 5.65 Å². The van der Waals surface area contributed by atoms with Crippen molar-refractivity contribution in [3.63, 3.8) is 0 Å². The highest BCUT2D eigenvalue weighted by molar-refractivity contribution is 9.10. The summed E-state index contributed by atoms with van der Waals surface area (Å²) in [4.78, 5) is 12.2. The number of hydrogen-bond acceptors (Lipinski definition) is 4. The largest absolute Gasteiger partial charge is 0.496 e. The minimum Gasteiger partial charge on any atom is -0.496 e. The molecule has 5 nitrogen and oxygen atoms in total. The smallest absolute Gasteiger partial charge is 0.350 e. The summed E-state index contributed by atoms with van der Waals surface area (Å²) in [6.45, 7) is 0.585. The van der Waals surface area contributed by atoms with Crippen LogP contribution in [-0.4, -0.2) is 27.0 Å². The van der Waals surface area contributed by atoms with Crippen molar-refractivity contribution in [3.8, 4) is 5.75 Å². The molecule has 0 saturated heterocycles. The van der Waals surface area contributed by atoms with Crippen molar-refractivity contribution >= 4 is 33.3 Å². The molecule has 2 aromatic heterocycles. The zero-order chi connectivity index (χ0) is 16.2. The maximum atomic E-state index is 12.2. The lowest BCUT2D eigenvalue weighted by Gasteiger charge is -2.08. The van der Waals surface area contributed by atoms with Crippen molar-refractivity contribution in [2.24, 2.45) is 0 Å². The van der Waals surface area contributed by atoms with Gasteiger partial charge in [-0.05, 0) is 30.3 Å². The van der Waals surface area contributed by atoms with Gasteiger partial charge in [-0.25, -0.2) is 9.48 Å². The van der Waals surface area contributed by atoms with E-state index in [-0.39, 0.29) is 5.69 Å². The highest BCUT2D eigenvalue weighted by Gasteiger charge is 2.07. The highest BCUT2D eigenvalue weighted by Crippen LogP contribution is 2.26. The number of rotatable bonds is 6. The normalized spacial score (nSPS) is 11.0. The van der Waals surface area contributed by atoms with Crippen LogP contribution in [0.2, 0.25) is 0 Å².